The van der Waals surface area contributed by atoms with Crippen molar-refractivity contribution in [2.45, 2.75) is 53.9 Å². The van der Waals surface area contributed by atoms with Gasteiger partial charge in [0.25, 0.3) is 0 Å². The van der Waals surface area contributed by atoms with Crippen LogP contribution in [0.3, 0.4) is 0 Å². The molecule has 0 unspecified atom stereocenters. The Morgan fingerprint density at radius 1 is 1.22 bits per heavy atom. The normalized spacial score (nSPS) is 19.3. The van der Waals surface area contributed by atoms with Crippen molar-refractivity contribution < 1.29 is 62.7 Å². The smallest absolute Gasteiger partial charge is 1.00 e. The maximum Gasteiger partial charge on any atom is 1.00 e. The molecule has 0 bridgehead atoms. The van der Waals surface area contributed by atoms with Crippen molar-refractivity contribution in [2.24, 2.45) is 5.41 Å². The molecule has 0 aliphatic heterocycles. The topological polar surface area (TPSA) is 37.3 Å². The Hall–Kier alpha value is -0.194. The van der Waals surface area contributed by atoms with E-state index in [1.54, 1.807) is 13.0 Å². The van der Waals surface area contributed by atoms with Crippen LogP contribution in [0.5, 0.6) is 0 Å². The zero-order valence-electron chi connectivity index (χ0n) is 16.4. The first-order valence-electron chi connectivity index (χ1n) is 7.87. The first-order valence-corrected chi connectivity index (χ1v) is 7.87. The molecular formula is C20H29KO2. The summed E-state index contributed by atoms with van der Waals surface area (Å²) in [6.45, 7) is 10.7. The largest absolute Gasteiger partial charge is 1.00 e. The van der Waals surface area contributed by atoms with Gasteiger partial charge in [-0.3, -0.25) is 0 Å². The van der Waals surface area contributed by atoms with Gasteiger partial charge in [0.1, 0.15) is 0 Å². The van der Waals surface area contributed by atoms with Crippen LogP contribution >= 0.6 is 0 Å². The van der Waals surface area contributed by atoms with Crippen molar-refractivity contribution in [2.75, 3.05) is 0 Å². The van der Waals surface area contributed by atoms with Gasteiger partial charge in [0, 0.05) is 6.08 Å². The van der Waals surface area contributed by atoms with Crippen LogP contribution in [0.2, 0.25) is 0 Å². The van der Waals surface area contributed by atoms with Gasteiger partial charge < -0.3 is 6.53 Å². The van der Waals surface area contributed by atoms with Crippen molar-refractivity contribution in [3.8, 4) is 0 Å². The summed E-state index contributed by atoms with van der Waals surface area (Å²) in [7, 11) is 0. The van der Waals surface area contributed by atoms with Crippen LogP contribution in [0.15, 0.2) is 58.7 Å². The maximum atomic E-state index is 10.5. The molecule has 0 fully saturated rings. The summed E-state index contributed by atoms with van der Waals surface area (Å²) in [5.41, 5.74) is 5.09. The fraction of sp³-hybridized carbons (Fsp3) is 0.450. The van der Waals surface area contributed by atoms with Gasteiger partial charge in [-0.2, -0.15) is 0 Å². The Balaban J connectivity index is 0. The maximum absolute atomic E-state index is 10.5. The number of carbonyl (C=O) groups is 1. The van der Waals surface area contributed by atoms with Crippen LogP contribution in [0.1, 0.15) is 55.3 Å². The van der Waals surface area contributed by atoms with Gasteiger partial charge in [0.05, 0.1) is 0 Å². The van der Waals surface area contributed by atoms with Crippen LogP contribution in [0, 0.1) is 5.41 Å². The zero-order chi connectivity index (χ0) is 16.8. The molecular weight excluding hydrogens is 311 g/mol. The minimum absolute atomic E-state index is 0. The second kappa shape index (κ2) is 10.6. The van der Waals surface area contributed by atoms with E-state index in [-0.39, 0.29) is 58.2 Å². The Morgan fingerprint density at radius 2 is 1.87 bits per heavy atom. The van der Waals surface area contributed by atoms with Crippen molar-refractivity contribution in [1.29, 1.82) is 0 Å². The number of carboxylic acid groups (broad SMARTS) is 1. The fourth-order valence-electron chi connectivity index (χ4n) is 2.88. The van der Waals surface area contributed by atoms with Gasteiger partial charge in [-0.05, 0) is 56.6 Å². The van der Waals surface area contributed by atoms with E-state index in [2.05, 4.69) is 39.8 Å². The van der Waals surface area contributed by atoms with Crippen LogP contribution in [0.25, 0.3) is 0 Å². The number of carboxylic acids is 1. The molecule has 0 aromatic rings. The van der Waals surface area contributed by atoms with Crippen LogP contribution < -0.4 is 51.4 Å². The predicted molar refractivity (Wildman–Crippen MR) is 94.9 cm³/mol. The summed E-state index contributed by atoms with van der Waals surface area (Å²) in [5.74, 6) is -0.912. The SMILES string of the molecule is CC1=C(/C=C/C(C)=C/C=C/C(C)=C/C(=O)O)C(C)(C)CCC1.[H-].[K+]. The van der Waals surface area contributed by atoms with Gasteiger partial charge in [-0.1, -0.05) is 55.4 Å². The monoisotopic (exact) mass is 340 g/mol. The van der Waals surface area contributed by atoms with Crippen molar-refractivity contribution in [3.05, 3.63) is 58.7 Å². The van der Waals surface area contributed by atoms with E-state index in [0.29, 0.717) is 0 Å². The molecule has 1 rings (SSSR count). The third-order valence-corrected chi connectivity index (χ3v) is 4.12. The Kier molecular flexibility index (Phi) is 10.5. The summed E-state index contributed by atoms with van der Waals surface area (Å²) in [5, 5.41) is 8.65. The molecule has 2 nitrogen and oxygen atoms in total. The van der Waals surface area contributed by atoms with E-state index in [0.717, 1.165) is 11.1 Å². The van der Waals surface area contributed by atoms with E-state index in [9.17, 15) is 4.79 Å². The van der Waals surface area contributed by atoms with Gasteiger partial charge in [0.15, 0.2) is 0 Å². The molecule has 0 saturated heterocycles. The number of aliphatic carboxylic acids is 1. The minimum Gasteiger partial charge on any atom is -1.00 e. The molecule has 1 aliphatic rings. The Labute approximate surface area is 185 Å². The number of allylic oxidation sites excluding steroid dienone is 9. The van der Waals surface area contributed by atoms with E-state index in [1.807, 2.05) is 12.2 Å². The molecule has 1 aliphatic carbocycles. The third kappa shape index (κ3) is 8.46. The quantitative estimate of drug-likeness (QED) is 0.475. The van der Waals surface area contributed by atoms with Gasteiger partial charge in [-0.15, -0.1) is 0 Å². The molecule has 0 heterocycles. The number of hydrogen-bond donors (Lipinski definition) is 1. The number of hydrogen-bond acceptors (Lipinski definition) is 1. The molecule has 0 amide bonds. The van der Waals surface area contributed by atoms with Crippen molar-refractivity contribution in [1.82, 2.24) is 0 Å². The van der Waals surface area contributed by atoms with Crippen LogP contribution in [0.4, 0.5) is 0 Å². The zero-order valence-corrected chi connectivity index (χ0v) is 18.6. The fourth-order valence-corrected chi connectivity index (χ4v) is 2.88. The average molecular weight is 341 g/mol. The Bertz CT molecular complexity index is 578. The second-order valence-corrected chi connectivity index (χ2v) is 6.76. The summed E-state index contributed by atoms with van der Waals surface area (Å²) in [4.78, 5) is 10.5. The minimum atomic E-state index is -0.912. The summed E-state index contributed by atoms with van der Waals surface area (Å²) in [6, 6.07) is 0. The second-order valence-electron chi connectivity index (χ2n) is 6.76. The third-order valence-electron chi connectivity index (χ3n) is 4.12. The molecule has 0 atom stereocenters. The van der Waals surface area contributed by atoms with E-state index < -0.39 is 5.97 Å². The first kappa shape index (κ1) is 22.8. The van der Waals surface area contributed by atoms with Crippen molar-refractivity contribution >= 4 is 5.97 Å². The first-order chi connectivity index (χ1) is 10.2. The van der Waals surface area contributed by atoms with E-state index in [4.69, 9.17) is 5.11 Å². The molecule has 0 radical (unpaired) electrons. The van der Waals surface area contributed by atoms with Gasteiger partial charge in [-0.25, -0.2) is 4.79 Å². The molecule has 3 heteroatoms. The van der Waals surface area contributed by atoms with Gasteiger partial charge in [0.2, 0.25) is 0 Å². The van der Waals surface area contributed by atoms with Crippen LogP contribution in [-0.2, 0) is 4.79 Å². The summed E-state index contributed by atoms with van der Waals surface area (Å²) < 4.78 is 0. The summed E-state index contributed by atoms with van der Waals surface area (Å²) in [6.07, 6.45) is 15.0. The molecule has 122 valence electrons. The number of rotatable bonds is 5. The molecule has 1 N–H and O–H groups in total. The van der Waals surface area contributed by atoms with Crippen molar-refractivity contribution in [3.63, 3.8) is 0 Å². The van der Waals surface area contributed by atoms with E-state index >= 15 is 0 Å². The summed E-state index contributed by atoms with van der Waals surface area (Å²) >= 11 is 0. The molecule has 23 heavy (non-hydrogen) atoms. The molecule has 0 saturated carbocycles. The van der Waals surface area contributed by atoms with Crippen LogP contribution in [-0.4, -0.2) is 11.1 Å². The molecule has 0 aromatic carbocycles. The van der Waals surface area contributed by atoms with Gasteiger partial charge >= 0.3 is 57.4 Å². The molecule has 0 spiro atoms. The molecule has 0 aromatic heterocycles. The standard InChI is InChI=1S/C20H28O2.K.H/c1-15(8-6-9-16(2)14-19(21)22)11-12-18-17(3)10-7-13-20(18,4)5;;/h6,8-9,11-12,14H,7,10,13H2,1-5H3,(H,21,22);;/q;+1;-1/b9-6+,12-11+,15-8+,16-14+;;. The Morgan fingerprint density at radius 3 is 2.43 bits per heavy atom. The average Bonchev–Trinajstić information content (AvgIpc) is 2.36. The van der Waals surface area contributed by atoms with E-state index in [1.165, 1.54) is 36.5 Å². The predicted octanol–water partition coefficient (Wildman–Crippen LogP) is 2.72.